The third-order valence-corrected chi connectivity index (χ3v) is 3.55. The molecule has 2 aromatic rings. The van der Waals surface area contributed by atoms with Crippen LogP contribution in [-0.2, 0) is 0 Å². The molecule has 0 unspecified atom stereocenters. The Labute approximate surface area is 134 Å². The molecule has 1 N–H and O–H groups in total. The largest absolute Gasteiger partial charge is 0.508 e. The first kappa shape index (κ1) is 19.6. The lowest BCUT2D eigenvalue weighted by molar-refractivity contribution is 0.471. The van der Waals surface area contributed by atoms with Gasteiger partial charge in [0, 0.05) is 4.90 Å². The van der Waals surface area contributed by atoms with Crippen LogP contribution in [0.25, 0.3) is 11.1 Å². The van der Waals surface area contributed by atoms with E-state index in [0.29, 0.717) is 5.75 Å². The summed E-state index contributed by atoms with van der Waals surface area (Å²) in [4.78, 5) is 1.29. The number of benzene rings is 2. The average Bonchev–Trinajstić information content (AvgIpc) is 2.54. The second-order valence-electron chi connectivity index (χ2n) is 3.96. The highest BCUT2D eigenvalue weighted by molar-refractivity contribution is 7.99. The van der Waals surface area contributed by atoms with Crippen LogP contribution in [0.3, 0.4) is 0 Å². The van der Waals surface area contributed by atoms with E-state index in [2.05, 4.69) is 31.2 Å². The van der Waals surface area contributed by atoms with Gasteiger partial charge in [0.2, 0.25) is 0 Å². The third kappa shape index (κ3) is 6.26. The van der Waals surface area contributed by atoms with E-state index in [1.807, 2.05) is 58.5 Å². The number of phenolic OH excluding ortho intramolecular Hbond substituents is 1. The molecule has 21 heavy (non-hydrogen) atoms. The molecule has 0 aliphatic heterocycles. The van der Waals surface area contributed by atoms with Crippen molar-refractivity contribution in [1.29, 1.82) is 0 Å². The Morgan fingerprint density at radius 3 is 2.10 bits per heavy atom. The first-order valence-corrected chi connectivity index (χ1v) is 8.72. The highest BCUT2D eigenvalue weighted by atomic mass is 32.2. The average molecular weight is 304 g/mol. The fourth-order valence-electron chi connectivity index (χ4n) is 1.77. The zero-order chi connectivity index (χ0) is 16.3. The van der Waals surface area contributed by atoms with Gasteiger partial charge in [-0.05, 0) is 53.6 Å². The quantitative estimate of drug-likeness (QED) is 0.650. The van der Waals surface area contributed by atoms with Crippen LogP contribution in [0.2, 0.25) is 0 Å². The summed E-state index contributed by atoms with van der Waals surface area (Å²) < 4.78 is 0. The van der Waals surface area contributed by atoms with Gasteiger partial charge in [-0.3, -0.25) is 0 Å². The number of thioether (sulfide) groups is 1. The van der Waals surface area contributed by atoms with E-state index in [-0.39, 0.29) is 0 Å². The van der Waals surface area contributed by atoms with Crippen molar-refractivity contribution in [2.45, 2.75) is 46.4 Å². The van der Waals surface area contributed by atoms with Gasteiger partial charge in [0.15, 0.2) is 0 Å². The minimum absolute atomic E-state index is 0.354. The van der Waals surface area contributed by atoms with E-state index in [0.717, 1.165) is 16.9 Å². The molecule has 0 aliphatic carbocycles. The molecule has 0 saturated heterocycles. The van der Waals surface area contributed by atoms with Crippen LogP contribution < -0.4 is 0 Å². The molecule has 0 spiro atoms. The molecule has 0 saturated carbocycles. The van der Waals surface area contributed by atoms with Crippen molar-refractivity contribution >= 4 is 11.8 Å². The fraction of sp³-hybridized carbons (Fsp3) is 0.368. The first-order valence-electron chi connectivity index (χ1n) is 7.73. The minimum atomic E-state index is 0.354. The Morgan fingerprint density at radius 2 is 1.52 bits per heavy atom. The fourth-order valence-corrected chi connectivity index (χ4v) is 2.49. The molecular formula is C19H28OS. The van der Waals surface area contributed by atoms with E-state index >= 15 is 0 Å². The molecular weight excluding hydrogens is 276 g/mol. The number of phenols is 1. The highest BCUT2D eigenvalue weighted by Crippen LogP contribution is 2.28. The first-order chi connectivity index (χ1) is 10.2. The van der Waals surface area contributed by atoms with E-state index in [1.165, 1.54) is 10.5 Å². The Morgan fingerprint density at radius 1 is 0.905 bits per heavy atom. The van der Waals surface area contributed by atoms with Crippen molar-refractivity contribution in [3.63, 3.8) is 0 Å². The van der Waals surface area contributed by atoms with Gasteiger partial charge in [0.05, 0.1) is 0 Å². The van der Waals surface area contributed by atoms with Crippen molar-refractivity contribution < 1.29 is 5.11 Å². The van der Waals surface area contributed by atoms with E-state index in [9.17, 15) is 5.11 Å². The predicted molar refractivity (Wildman–Crippen MR) is 97.4 cm³/mol. The zero-order valence-corrected chi connectivity index (χ0v) is 14.9. The molecule has 0 aliphatic rings. The number of hydrogen-bond donors (Lipinski definition) is 1. The number of rotatable bonds is 3. The van der Waals surface area contributed by atoms with Crippen LogP contribution in [0.5, 0.6) is 5.75 Å². The second kappa shape index (κ2) is 11.3. The van der Waals surface area contributed by atoms with Gasteiger partial charge in [0.1, 0.15) is 5.75 Å². The maximum atomic E-state index is 9.53. The van der Waals surface area contributed by atoms with E-state index < -0.39 is 0 Å². The van der Waals surface area contributed by atoms with Crippen LogP contribution in [0.1, 0.15) is 40.2 Å². The molecule has 2 heteroatoms. The lowest BCUT2D eigenvalue weighted by atomic mass is 10.0. The van der Waals surface area contributed by atoms with E-state index in [4.69, 9.17) is 0 Å². The Kier molecular flexibility index (Phi) is 10.5. The summed E-state index contributed by atoms with van der Waals surface area (Å²) in [5, 5.41) is 9.53. The molecule has 0 fully saturated rings. The summed E-state index contributed by atoms with van der Waals surface area (Å²) >= 11 is 1.84. The van der Waals surface area contributed by atoms with E-state index in [1.54, 1.807) is 6.07 Å². The van der Waals surface area contributed by atoms with Crippen LogP contribution in [0, 0.1) is 6.92 Å². The predicted octanol–water partition coefficient (Wildman–Crippen LogP) is 6.53. The summed E-state index contributed by atoms with van der Waals surface area (Å²) in [6.07, 6.45) is 0. The topological polar surface area (TPSA) is 20.2 Å². The Hall–Kier alpha value is -1.41. The van der Waals surface area contributed by atoms with Crippen LogP contribution in [0.15, 0.2) is 47.4 Å². The summed E-state index contributed by atoms with van der Waals surface area (Å²) in [7, 11) is 0. The van der Waals surface area contributed by atoms with Crippen molar-refractivity contribution in [3.05, 3.63) is 48.0 Å². The van der Waals surface area contributed by atoms with Crippen molar-refractivity contribution in [2.24, 2.45) is 0 Å². The monoisotopic (exact) mass is 304 g/mol. The van der Waals surface area contributed by atoms with Gasteiger partial charge < -0.3 is 5.11 Å². The summed E-state index contributed by atoms with van der Waals surface area (Å²) in [5.74, 6) is 1.44. The van der Waals surface area contributed by atoms with Crippen molar-refractivity contribution in [2.75, 3.05) is 5.75 Å². The molecule has 1 nitrogen and oxygen atoms in total. The maximum absolute atomic E-state index is 9.53. The van der Waals surface area contributed by atoms with Crippen LogP contribution in [-0.4, -0.2) is 10.9 Å². The molecule has 2 rings (SSSR count). The normalized spacial score (nSPS) is 9.05. The molecule has 0 radical (unpaired) electrons. The molecule has 0 atom stereocenters. The van der Waals surface area contributed by atoms with Gasteiger partial charge in [-0.1, -0.05) is 52.8 Å². The van der Waals surface area contributed by atoms with Gasteiger partial charge in [0.25, 0.3) is 0 Å². The Bertz CT molecular complexity index is 521. The number of hydrogen-bond acceptors (Lipinski definition) is 2. The molecule has 116 valence electrons. The molecule has 0 aromatic heterocycles. The van der Waals surface area contributed by atoms with Gasteiger partial charge >= 0.3 is 0 Å². The number of aromatic hydroxyl groups is 1. The third-order valence-electron chi connectivity index (χ3n) is 2.68. The maximum Gasteiger partial charge on any atom is 0.118 e. The molecule has 0 bridgehead atoms. The van der Waals surface area contributed by atoms with Gasteiger partial charge in [-0.15, -0.1) is 11.8 Å². The molecule has 0 amide bonds. The van der Waals surface area contributed by atoms with Gasteiger partial charge in [-0.2, -0.15) is 0 Å². The highest BCUT2D eigenvalue weighted by Gasteiger charge is 2.02. The SMILES string of the molecule is CC.CC.CCSc1cccc(-c2ccc(O)c(C)c2)c1. The summed E-state index contributed by atoms with van der Waals surface area (Å²) in [6.45, 7) is 12.1. The van der Waals surface area contributed by atoms with Crippen molar-refractivity contribution in [1.82, 2.24) is 0 Å². The smallest absolute Gasteiger partial charge is 0.118 e. The minimum Gasteiger partial charge on any atom is -0.508 e. The number of aryl methyl sites for hydroxylation is 1. The Balaban J connectivity index is 0.000000921. The standard InChI is InChI=1S/C15H16OS.2C2H6/c1-3-17-14-6-4-5-12(10-14)13-7-8-15(16)11(2)9-13;2*1-2/h4-10,16H,3H2,1-2H3;2*1-2H3. The van der Waals surface area contributed by atoms with Crippen LogP contribution in [0.4, 0.5) is 0 Å². The van der Waals surface area contributed by atoms with Crippen molar-refractivity contribution in [3.8, 4) is 16.9 Å². The zero-order valence-electron chi connectivity index (χ0n) is 14.1. The molecule has 0 heterocycles. The molecule has 2 aromatic carbocycles. The van der Waals surface area contributed by atoms with Gasteiger partial charge in [-0.25, -0.2) is 0 Å². The summed E-state index contributed by atoms with van der Waals surface area (Å²) in [6, 6.07) is 14.2. The summed E-state index contributed by atoms with van der Waals surface area (Å²) in [5.41, 5.74) is 3.27. The lowest BCUT2D eigenvalue weighted by Gasteiger charge is -2.06. The lowest BCUT2D eigenvalue weighted by Crippen LogP contribution is -1.81. The second-order valence-corrected chi connectivity index (χ2v) is 5.30. The van der Waals surface area contributed by atoms with Crippen LogP contribution >= 0.6 is 11.8 Å².